The second-order valence-electron chi connectivity index (χ2n) is 5.94. The van der Waals surface area contributed by atoms with Crippen molar-refractivity contribution in [3.05, 3.63) is 29.3 Å². The third-order valence-electron chi connectivity index (χ3n) is 3.94. The van der Waals surface area contributed by atoms with Gasteiger partial charge in [-0.1, -0.05) is 56.8 Å². The maximum atomic E-state index is 12.2. The van der Waals surface area contributed by atoms with Crippen molar-refractivity contribution >= 4 is 33.2 Å². The van der Waals surface area contributed by atoms with E-state index in [-0.39, 0.29) is 12.5 Å². The van der Waals surface area contributed by atoms with Crippen molar-refractivity contribution in [3.8, 4) is 0 Å². The van der Waals surface area contributed by atoms with E-state index in [0.29, 0.717) is 23.2 Å². The number of rotatable bonds is 10. The first kappa shape index (κ1) is 20.8. The highest BCUT2D eigenvalue weighted by Crippen LogP contribution is 2.26. The molecule has 0 bridgehead atoms. The molecule has 0 radical (unpaired) electrons. The number of sulfonamides is 1. The molecule has 7 heteroatoms. The molecule has 0 saturated carbocycles. The van der Waals surface area contributed by atoms with Gasteiger partial charge in [-0.2, -0.15) is 0 Å². The first-order valence-corrected chi connectivity index (χ1v) is 10.5. The van der Waals surface area contributed by atoms with Crippen LogP contribution >= 0.6 is 11.6 Å². The Kier molecular flexibility index (Phi) is 8.56. The zero-order valence-corrected chi connectivity index (χ0v) is 16.2. The molecule has 0 aliphatic carbocycles. The van der Waals surface area contributed by atoms with Crippen molar-refractivity contribution < 1.29 is 13.2 Å². The van der Waals surface area contributed by atoms with Gasteiger partial charge in [0.2, 0.25) is 15.9 Å². The summed E-state index contributed by atoms with van der Waals surface area (Å²) >= 11 is 6.08. The number of hydrogen-bond donors (Lipinski definition) is 1. The second-order valence-corrected chi connectivity index (χ2v) is 8.26. The van der Waals surface area contributed by atoms with E-state index >= 15 is 0 Å². The molecule has 24 heavy (non-hydrogen) atoms. The molecule has 1 unspecified atom stereocenters. The smallest absolute Gasteiger partial charge is 0.240 e. The number of carbonyl (C=O) groups is 1. The van der Waals surface area contributed by atoms with Gasteiger partial charge >= 0.3 is 0 Å². The predicted octanol–water partition coefficient (Wildman–Crippen LogP) is 3.44. The van der Waals surface area contributed by atoms with Gasteiger partial charge in [0.25, 0.3) is 0 Å². The van der Waals surface area contributed by atoms with Crippen molar-refractivity contribution in [3.63, 3.8) is 0 Å². The summed E-state index contributed by atoms with van der Waals surface area (Å²) in [6, 6.07) is 6.60. The zero-order chi connectivity index (χ0) is 18.2. The van der Waals surface area contributed by atoms with Gasteiger partial charge in [0.05, 0.1) is 17.0 Å². The number of nitrogens with zero attached hydrogens (tertiary/aromatic N) is 1. The molecule has 0 aromatic heterocycles. The maximum absolute atomic E-state index is 12.2. The van der Waals surface area contributed by atoms with E-state index in [4.69, 9.17) is 11.6 Å². The molecule has 1 rings (SSSR count). The number of para-hydroxylation sites is 1. The van der Waals surface area contributed by atoms with Gasteiger partial charge in [-0.3, -0.25) is 9.10 Å². The van der Waals surface area contributed by atoms with Crippen molar-refractivity contribution in [1.29, 1.82) is 0 Å². The third kappa shape index (κ3) is 6.69. The van der Waals surface area contributed by atoms with E-state index < -0.39 is 10.0 Å². The second kappa shape index (κ2) is 9.89. The van der Waals surface area contributed by atoms with Gasteiger partial charge in [-0.25, -0.2) is 8.42 Å². The van der Waals surface area contributed by atoms with E-state index in [1.165, 1.54) is 0 Å². The van der Waals surface area contributed by atoms with Crippen LogP contribution in [0.1, 0.15) is 39.5 Å². The third-order valence-corrected chi connectivity index (χ3v) is 5.39. The molecular formula is C17H27ClN2O3S. The summed E-state index contributed by atoms with van der Waals surface area (Å²) in [7, 11) is -3.61. The largest absolute Gasteiger partial charge is 0.354 e. The Morgan fingerprint density at radius 2 is 1.96 bits per heavy atom. The lowest BCUT2D eigenvalue weighted by atomic mass is 9.99. The van der Waals surface area contributed by atoms with Crippen LogP contribution in [-0.4, -0.2) is 33.7 Å². The van der Waals surface area contributed by atoms with Crippen molar-refractivity contribution in [2.24, 2.45) is 5.92 Å². The van der Waals surface area contributed by atoms with E-state index in [9.17, 15) is 13.2 Å². The molecule has 0 heterocycles. The first-order valence-electron chi connectivity index (χ1n) is 8.28. The molecule has 5 nitrogen and oxygen atoms in total. The highest BCUT2D eigenvalue weighted by molar-refractivity contribution is 7.92. The predicted molar refractivity (Wildman–Crippen MR) is 100.0 cm³/mol. The molecule has 136 valence electrons. The van der Waals surface area contributed by atoms with Crippen LogP contribution in [0.3, 0.4) is 0 Å². The molecule has 0 spiro atoms. The lowest BCUT2D eigenvalue weighted by molar-refractivity contribution is -0.119. The Balaban J connectivity index is 2.75. The van der Waals surface area contributed by atoms with Crippen LogP contribution in [0.15, 0.2) is 24.3 Å². The number of unbranched alkanes of at least 4 members (excludes halogenated alkanes) is 1. The number of hydrogen-bond acceptors (Lipinski definition) is 3. The SMILES string of the molecule is CCCCC(CC)CNC(=O)CN(c1ccccc1Cl)S(C)(=O)=O. The Morgan fingerprint density at radius 1 is 1.29 bits per heavy atom. The fraction of sp³-hybridized carbons (Fsp3) is 0.588. The highest BCUT2D eigenvalue weighted by atomic mass is 35.5. The van der Waals surface area contributed by atoms with Crippen LogP contribution in [0, 0.1) is 5.92 Å². The molecule has 0 aliphatic heterocycles. The summed E-state index contributed by atoms with van der Waals surface area (Å²) < 4.78 is 25.1. The van der Waals surface area contributed by atoms with Crippen molar-refractivity contribution in [2.45, 2.75) is 39.5 Å². The molecule has 1 atom stereocenters. The summed E-state index contributed by atoms with van der Waals surface area (Å²) in [5.41, 5.74) is 0.315. The topological polar surface area (TPSA) is 66.5 Å². The molecule has 1 aromatic rings. The van der Waals surface area contributed by atoms with Crippen LogP contribution in [0.5, 0.6) is 0 Å². The van der Waals surface area contributed by atoms with Gasteiger partial charge in [0.15, 0.2) is 0 Å². The minimum atomic E-state index is -3.61. The Hall–Kier alpha value is -1.27. The zero-order valence-electron chi connectivity index (χ0n) is 14.6. The summed E-state index contributed by atoms with van der Waals surface area (Å²) in [5.74, 6) is 0.0937. The highest BCUT2D eigenvalue weighted by Gasteiger charge is 2.22. The number of carbonyl (C=O) groups excluding carboxylic acids is 1. The average Bonchev–Trinajstić information content (AvgIpc) is 2.52. The van der Waals surface area contributed by atoms with Gasteiger partial charge < -0.3 is 5.32 Å². The monoisotopic (exact) mass is 374 g/mol. The number of benzene rings is 1. The number of halogens is 1. The normalized spacial score (nSPS) is 12.7. The van der Waals surface area contributed by atoms with Crippen LogP contribution in [0.25, 0.3) is 0 Å². The van der Waals surface area contributed by atoms with Gasteiger partial charge in [-0.05, 0) is 24.5 Å². The molecule has 0 saturated heterocycles. The Bertz CT molecular complexity index is 634. The molecule has 1 aromatic carbocycles. The van der Waals surface area contributed by atoms with Gasteiger partial charge in [0.1, 0.15) is 6.54 Å². The summed E-state index contributed by atoms with van der Waals surface area (Å²) in [6.07, 6.45) is 5.37. The van der Waals surface area contributed by atoms with E-state index in [0.717, 1.165) is 36.2 Å². The van der Waals surface area contributed by atoms with Gasteiger partial charge in [-0.15, -0.1) is 0 Å². The lowest BCUT2D eigenvalue weighted by Crippen LogP contribution is -2.41. The van der Waals surface area contributed by atoms with Crippen LogP contribution in [0.4, 0.5) is 5.69 Å². The first-order chi connectivity index (χ1) is 11.3. The number of amides is 1. The minimum absolute atomic E-state index is 0.271. The van der Waals surface area contributed by atoms with Crippen LogP contribution in [-0.2, 0) is 14.8 Å². The molecule has 1 N–H and O–H groups in total. The molecule has 0 fully saturated rings. The van der Waals surface area contributed by atoms with Crippen molar-refractivity contribution in [2.75, 3.05) is 23.7 Å². The summed E-state index contributed by atoms with van der Waals surface area (Å²) in [6.45, 7) is 4.53. The Morgan fingerprint density at radius 3 is 2.50 bits per heavy atom. The standard InChI is InChI=1S/C17H27ClN2O3S/c1-4-6-9-14(5-2)12-19-17(21)13-20(24(3,22)23)16-11-8-7-10-15(16)18/h7-8,10-11,14H,4-6,9,12-13H2,1-3H3,(H,19,21). The van der Waals surface area contributed by atoms with E-state index in [2.05, 4.69) is 19.2 Å². The lowest BCUT2D eigenvalue weighted by Gasteiger charge is -2.23. The van der Waals surface area contributed by atoms with E-state index in [1.807, 2.05) is 0 Å². The number of nitrogens with one attached hydrogen (secondary N) is 1. The van der Waals surface area contributed by atoms with E-state index in [1.54, 1.807) is 24.3 Å². The van der Waals surface area contributed by atoms with Crippen LogP contribution < -0.4 is 9.62 Å². The summed E-state index contributed by atoms with van der Waals surface area (Å²) in [4.78, 5) is 12.2. The molecular weight excluding hydrogens is 348 g/mol. The molecule has 0 aliphatic rings. The fourth-order valence-electron chi connectivity index (χ4n) is 2.42. The fourth-order valence-corrected chi connectivity index (χ4v) is 3.58. The molecule has 1 amide bonds. The number of anilines is 1. The van der Waals surface area contributed by atoms with Gasteiger partial charge in [0, 0.05) is 6.54 Å². The Labute approximate surface area is 150 Å². The van der Waals surface area contributed by atoms with Crippen LogP contribution in [0.2, 0.25) is 5.02 Å². The minimum Gasteiger partial charge on any atom is -0.354 e. The summed E-state index contributed by atoms with van der Waals surface area (Å²) in [5, 5.41) is 3.14. The van der Waals surface area contributed by atoms with Crippen molar-refractivity contribution in [1.82, 2.24) is 5.32 Å². The maximum Gasteiger partial charge on any atom is 0.240 e. The average molecular weight is 375 g/mol. The quantitative estimate of drug-likeness (QED) is 0.682.